The summed E-state index contributed by atoms with van der Waals surface area (Å²) in [6, 6.07) is 19.7. The van der Waals surface area contributed by atoms with Crippen LogP contribution in [0.1, 0.15) is 44.1 Å². The Labute approximate surface area is 128 Å². The topological polar surface area (TPSA) is 0 Å². The van der Waals surface area contributed by atoms with Crippen molar-refractivity contribution in [2.24, 2.45) is 0 Å². The van der Waals surface area contributed by atoms with E-state index in [1.54, 1.807) is 0 Å². The van der Waals surface area contributed by atoms with Crippen molar-refractivity contribution in [1.29, 1.82) is 0 Å². The zero-order chi connectivity index (χ0) is 14.2. The van der Waals surface area contributed by atoms with E-state index in [2.05, 4.69) is 74.1 Å². The average Bonchev–Trinajstić information content (AvgIpc) is 2.52. The molecule has 0 aromatic heterocycles. The van der Waals surface area contributed by atoms with Crippen molar-refractivity contribution in [2.45, 2.75) is 38.5 Å². The zero-order valence-electron chi connectivity index (χ0n) is 12.3. The molecule has 0 saturated heterocycles. The molecule has 0 N–H and O–H groups in total. The summed E-state index contributed by atoms with van der Waals surface area (Å²) >= 11 is 4.34. The van der Waals surface area contributed by atoms with Crippen LogP contribution in [0.4, 0.5) is 0 Å². The highest BCUT2D eigenvalue weighted by Crippen LogP contribution is 2.28. The molecule has 2 rings (SSSR count). The normalized spacial score (nSPS) is 12.3. The van der Waals surface area contributed by atoms with Crippen LogP contribution in [0, 0.1) is 0 Å². The second kappa shape index (κ2) is 8.16. The van der Waals surface area contributed by atoms with Gasteiger partial charge in [0.15, 0.2) is 0 Å². The van der Waals surface area contributed by atoms with E-state index < -0.39 is 0 Å². The molecule has 0 fully saturated rings. The molecule has 1 heteroatoms. The summed E-state index contributed by atoms with van der Waals surface area (Å²) in [7, 11) is 0. The van der Waals surface area contributed by atoms with E-state index in [1.165, 1.54) is 42.4 Å². The third kappa shape index (κ3) is 4.14. The predicted molar refractivity (Wildman–Crippen MR) is 92.6 cm³/mol. The van der Waals surface area contributed by atoms with Gasteiger partial charge in [-0.1, -0.05) is 67.9 Å². The minimum absolute atomic E-state index is 0.692. The first-order valence-electron chi connectivity index (χ1n) is 7.61. The molecule has 0 aliphatic heterocycles. The Bertz CT molecular complexity index is 487. The second-order valence-corrected chi connectivity index (χ2v) is 5.79. The second-order valence-electron chi connectivity index (χ2n) is 5.34. The van der Waals surface area contributed by atoms with Gasteiger partial charge in [0.05, 0.1) is 0 Å². The summed E-state index contributed by atoms with van der Waals surface area (Å²) in [5, 5.41) is 0. The van der Waals surface area contributed by atoms with Crippen LogP contribution in [0.25, 0.3) is 11.1 Å². The fourth-order valence-electron chi connectivity index (χ4n) is 2.74. The van der Waals surface area contributed by atoms with Crippen LogP contribution in [0.5, 0.6) is 0 Å². The molecule has 0 aliphatic carbocycles. The maximum atomic E-state index is 4.34. The van der Waals surface area contributed by atoms with Gasteiger partial charge in [-0.15, -0.1) is 0 Å². The van der Waals surface area contributed by atoms with Gasteiger partial charge in [0.1, 0.15) is 0 Å². The Morgan fingerprint density at radius 3 is 2.10 bits per heavy atom. The molecule has 0 nitrogen and oxygen atoms in total. The first kappa shape index (κ1) is 15.2. The summed E-state index contributed by atoms with van der Waals surface area (Å²) in [6.07, 6.45) is 4.98. The molecule has 106 valence electrons. The van der Waals surface area contributed by atoms with Crippen LogP contribution in [0.2, 0.25) is 0 Å². The van der Waals surface area contributed by atoms with Gasteiger partial charge >= 0.3 is 0 Å². The maximum Gasteiger partial charge on any atom is -0.00977 e. The summed E-state index contributed by atoms with van der Waals surface area (Å²) < 4.78 is 0. The van der Waals surface area contributed by atoms with Crippen LogP contribution in [-0.2, 0) is 0 Å². The van der Waals surface area contributed by atoms with E-state index in [9.17, 15) is 0 Å². The van der Waals surface area contributed by atoms with Crippen LogP contribution in [-0.4, -0.2) is 5.75 Å². The predicted octanol–water partition coefficient (Wildman–Crippen LogP) is 5.95. The summed E-state index contributed by atoms with van der Waals surface area (Å²) in [4.78, 5) is 0. The molecule has 0 amide bonds. The van der Waals surface area contributed by atoms with E-state index in [1.807, 2.05) is 0 Å². The molecule has 0 radical (unpaired) electrons. The molecule has 2 aromatic carbocycles. The Morgan fingerprint density at radius 1 is 0.850 bits per heavy atom. The van der Waals surface area contributed by atoms with Crippen molar-refractivity contribution in [3.05, 3.63) is 60.2 Å². The van der Waals surface area contributed by atoms with Gasteiger partial charge in [-0.25, -0.2) is 0 Å². The van der Waals surface area contributed by atoms with Gasteiger partial charge in [0, 0.05) is 0 Å². The lowest BCUT2D eigenvalue weighted by Crippen LogP contribution is -1.99. The first-order chi connectivity index (χ1) is 9.85. The average molecular weight is 284 g/mol. The Balaban J connectivity index is 2.13. The van der Waals surface area contributed by atoms with Crippen molar-refractivity contribution in [1.82, 2.24) is 0 Å². The first-order valence-corrected chi connectivity index (χ1v) is 8.24. The van der Waals surface area contributed by atoms with Crippen LogP contribution >= 0.6 is 12.6 Å². The summed E-state index contributed by atoms with van der Waals surface area (Å²) in [5.74, 6) is 1.68. The fraction of sp³-hybridized carbons (Fsp3) is 0.368. The minimum atomic E-state index is 0.692. The molecule has 2 aromatic rings. The zero-order valence-corrected chi connectivity index (χ0v) is 13.2. The maximum absolute atomic E-state index is 4.34. The number of rotatable bonds is 7. The van der Waals surface area contributed by atoms with Crippen molar-refractivity contribution in [3.8, 4) is 11.1 Å². The number of thiol groups is 1. The van der Waals surface area contributed by atoms with Gasteiger partial charge in [0.2, 0.25) is 0 Å². The fourth-order valence-corrected chi connectivity index (χ4v) is 2.92. The molecule has 0 heterocycles. The Kier molecular flexibility index (Phi) is 6.20. The molecular formula is C19H24S. The third-order valence-electron chi connectivity index (χ3n) is 3.84. The standard InChI is InChI=1S/C19H24S/c1-2-7-16(10-6-15-20)18-11-13-19(14-12-18)17-8-4-3-5-9-17/h3-5,8-9,11-14,16,20H,2,6-7,10,15H2,1H3. The molecule has 20 heavy (non-hydrogen) atoms. The van der Waals surface area contributed by atoms with Crippen LogP contribution in [0.15, 0.2) is 54.6 Å². The van der Waals surface area contributed by atoms with E-state index in [0.717, 1.165) is 5.75 Å². The monoisotopic (exact) mass is 284 g/mol. The van der Waals surface area contributed by atoms with E-state index in [-0.39, 0.29) is 0 Å². The third-order valence-corrected chi connectivity index (χ3v) is 4.15. The van der Waals surface area contributed by atoms with Gasteiger partial charge in [-0.2, -0.15) is 12.6 Å². The SMILES string of the molecule is CCCC(CCCS)c1ccc(-c2ccccc2)cc1. The van der Waals surface area contributed by atoms with Crippen molar-refractivity contribution in [3.63, 3.8) is 0 Å². The van der Waals surface area contributed by atoms with E-state index >= 15 is 0 Å². The summed E-state index contributed by atoms with van der Waals surface area (Å²) in [5.41, 5.74) is 4.08. The molecule has 0 saturated carbocycles. The largest absolute Gasteiger partial charge is 0.179 e. The molecule has 1 unspecified atom stereocenters. The molecule has 0 aliphatic rings. The van der Waals surface area contributed by atoms with Crippen molar-refractivity contribution in [2.75, 3.05) is 5.75 Å². The van der Waals surface area contributed by atoms with Gasteiger partial charge in [-0.05, 0) is 47.6 Å². The lowest BCUT2D eigenvalue weighted by atomic mass is 9.89. The minimum Gasteiger partial charge on any atom is -0.179 e. The quantitative estimate of drug-likeness (QED) is 0.597. The molecular weight excluding hydrogens is 260 g/mol. The number of benzene rings is 2. The molecule has 1 atom stereocenters. The Morgan fingerprint density at radius 2 is 1.50 bits per heavy atom. The number of hydrogen-bond donors (Lipinski definition) is 1. The smallest absolute Gasteiger partial charge is 0.00977 e. The van der Waals surface area contributed by atoms with Gasteiger partial charge in [-0.3, -0.25) is 0 Å². The highest BCUT2D eigenvalue weighted by molar-refractivity contribution is 7.80. The highest BCUT2D eigenvalue weighted by atomic mass is 32.1. The van der Waals surface area contributed by atoms with Crippen molar-refractivity contribution < 1.29 is 0 Å². The molecule has 0 spiro atoms. The highest BCUT2D eigenvalue weighted by Gasteiger charge is 2.10. The van der Waals surface area contributed by atoms with Gasteiger partial charge < -0.3 is 0 Å². The van der Waals surface area contributed by atoms with Crippen LogP contribution < -0.4 is 0 Å². The number of hydrogen-bond acceptors (Lipinski definition) is 1. The van der Waals surface area contributed by atoms with Gasteiger partial charge in [0.25, 0.3) is 0 Å². The lowest BCUT2D eigenvalue weighted by Gasteiger charge is -2.16. The Hall–Kier alpha value is -1.21. The van der Waals surface area contributed by atoms with E-state index in [0.29, 0.717) is 5.92 Å². The lowest BCUT2D eigenvalue weighted by molar-refractivity contribution is 0.563. The summed E-state index contributed by atoms with van der Waals surface area (Å²) in [6.45, 7) is 2.27. The van der Waals surface area contributed by atoms with Crippen LogP contribution in [0.3, 0.4) is 0 Å². The molecule has 0 bridgehead atoms. The van der Waals surface area contributed by atoms with Crippen molar-refractivity contribution >= 4 is 12.6 Å². The van der Waals surface area contributed by atoms with E-state index in [4.69, 9.17) is 0 Å².